The van der Waals surface area contributed by atoms with Gasteiger partial charge in [-0.15, -0.1) is 0 Å². The van der Waals surface area contributed by atoms with Gasteiger partial charge in [0.2, 0.25) is 0 Å². The lowest BCUT2D eigenvalue weighted by Crippen LogP contribution is -2.16. The summed E-state index contributed by atoms with van der Waals surface area (Å²) >= 11 is 0. The molecule has 1 saturated heterocycles. The van der Waals surface area contributed by atoms with E-state index in [-0.39, 0.29) is 23.5 Å². The molecule has 0 spiro atoms. The van der Waals surface area contributed by atoms with Crippen LogP contribution < -0.4 is 0 Å². The standard InChI is InChI=1S/C12H12F4O3S/c13-10-2-1-7(5-9(10)12(14,15)16)11(17)8-3-4-20(18,19)6-8/h1-2,5,8,11,17H,3-4,6H2. The Labute approximate surface area is 113 Å². The van der Waals surface area contributed by atoms with Crippen molar-refractivity contribution in [3.05, 3.63) is 35.1 Å². The molecule has 20 heavy (non-hydrogen) atoms. The van der Waals surface area contributed by atoms with E-state index in [1.54, 1.807) is 0 Å². The SMILES string of the molecule is O=S1(=O)CCC(C(O)c2ccc(F)c(C(F)(F)F)c2)C1. The number of aliphatic hydroxyl groups is 1. The Morgan fingerprint density at radius 3 is 2.45 bits per heavy atom. The first-order valence-electron chi connectivity index (χ1n) is 5.85. The monoisotopic (exact) mass is 312 g/mol. The normalized spacial score (nSPS) is 23.8. The first-order chi connectivity index (χ1) is 9.10. The minimum Gasteiger partial charge on any atom is -0.388 e. The molecule has 1 aliphatic heterocycles. The van der Waals surface area contributed by atoms with Gasteiger partial charge < -0.3 is 5.11 Å². The summed E-state index contributed by atoms with van der Waals surface area (Å²) in [6, 6.07) is 2.20. The number of sulfone groups is 1. The lowest BCUT2D eigenvalue weighted by molar-refractivity contribution is -0.140. The predicted molar refractivity (Wildman–Crippen MR) is 63.1 cm³/mol. The smallest absolute Gasteiger partial charge is 0.388 e. The Morgan fingerprint density at radius 2 is 1.95 bits per heavy atom. The van der Waals surface area contributed by atoms with Crippen molar-refractivity contribution in [1.82, 2.24) is 0 Å². The Hall–Kier alpha value is -1.15. The predicted octanol–water partition coefficient (Wildman–Crippen LogP) is 2.31. The molecule has 1 fully saturated rings. The highest BCUT2D eigenvalue weighted by molar-refractivity contribution is 7.91. The van der Waals surface area contributed by atoms with Crippen LogP contribution >= 0.6 is 0 Å². The van der Waals surface area contributed by atoms with E-state index in [0.29, 0.717) is 12.1 Å². The molecular formula is C12H12F4O3S. The maximum atomic E-state index is 13.1. The molecule has 0 aromatic heterocycles. The second-order valence-electron chi connectivity index (χ2n) is 4.84. The molecule has 3 nitrogen and oxygen atoms in total. The average Bonchev–Trinajstić information content (AvgIpc) is 2.68. The number of benzene rings is 1. The molecule has 0 saturated carbocycles. The van der Waals surface area contributed by atoms with Gasteiger partial charge in [-0.2, -0.15) is 13.2 Å². The highest BCUT2D eigenvalue weighted by Crippen LogP contribution is 2.36. The summed E-state index contributed by atoms with van der Waals surface area (Å²) < 4.78 is 73.5. The second-order valence-corrected chi connectivity index (χ2v) is 7.07. The molecule has 2 rings (SSSR count). The minimum atomic E-state index is -4.86. The molecule has 1 aromatic carbocycles. The molecule has 2 atom stereocenters. The van der Waals surface area contributed by atoms with Crippen LogP contribution in [-0.4, -0.2) is 25.0 Å². The third kappa shape index (κ3) is 3.12. The zero-order valence-corrected chi connectivity index (χ0v) is 11.0. The fourth-order valence-electron chi connectivity index (χ4n) is 2.29. The maximum Gasteiger partial charge on any atom is 0.419 e. The third-order valence-electron chi connectivity index (χ3n) is 3.35. The number of halogens is 4. The highest BCUT2D eigenvalue weighted by atomic mass is 32.2. The van der Waals surface area contributed by atoms with Crippen molar-refractivity contribution < 1.29 is 31.1 Å². The summed E-state index contributed by atoms with van der Waals surface area (Å²) in [5, 5.41) is 9.98. The van der Waals surface area contributed by atoms with Crippen LogP contribution in [0.2, 0.25) is 0 Å². The average molecular weight is 312 g/mol. The van der Waals surface area contributed by atoms with Crippen molar-refractivity contribution in [2.45, 2.75) is 18.7 Å². The van der Waals surface area contributed by atoms with Crippen molar-refractivity contribution in [1.29, 1.82) is 0 Å². The van der Waals surface area contributed by atoms with Gasteiger partial charge in [-0.1, -0.05) is 6.07 Å². The zero-order chi connectivity index (χ0) is 15.1. The summed E-state index contributed by atoms with van der Waals surface area (Å²) in [6.45, 7) is 0. The van der Waals surface area contributed by atoms with E-state index in [0.717, 1.165) is 6.07 Å². The number of hydrogen-bond acceptors (Lipinski definition) is 3. The Morgan fingerprint density at radius 1 is 1.30 bits per heavy atom. The highest BCUT2D eigenvalue weighted by Gasteiger charge is 2.37. The molecule has 2 unspecified atom stereocenters. The van der Waals surface area contributed by atoms with Gasteiger partial charge in [0.15, 0.2) is 9.84 Å². The first kappa shape index (κ1) is 15.2. The van der Waals surface area contributed by atoms with Gasteiger partial charge in [0.1, 0.15) is 5.82 Å². The molecule has 0 bridgehead atoms. The quantitative estimate of drug-likeness (QED) is 0.853. The van der Waals surface area contributed by atoms with E-state index in [1.807, 2.05) is 0 Å². The summed E-state index contributed by atoms with van der Waals surface area (Å²) in [4.78, 5) is 0. The molecule has 1 heterocycles. The zero-order valence-electron chi connectivity index (χ0n) is 10.2. The third-order valence-corrected chi connectivity index (χ3v) is 5.15. The number of hydrogen-bond donors (Lipinski definition) is 1. The Kier molecular flexibility index (Phi) is 3.81. The van der Waals surface area contributed by atoms with Crippen molar-refractivity contribution in [2.75, 3.05) is 11.5 Å². The van der Waals surface area contributed by atoms with Gasteiger partial charge in [-0.25, -0.2) is 12.8 Å². The van der Waals surface area contributed by atoms with E-state index in [4.69, 9.17) is 0 Å². The second kappa shape index (κ2) is 5.00. The maximum absolute atomic E-state index is 13.1. The Bertz CT molecular complexity index is 610. The molecule has 112 valence electrons. The minimum absolute atomic E-state index is 0.0952. The lowest BCUT2D eigenvalue weighted by atomic mass is 9.94. The van der Waals surface area contributed by atoms with E-state index >= 15 is 0 Å². The van der Waals surface area contributed by atoms with Gasteiger partial charge in [-0.3, -0.25) is 0 Å². The molecule has 1 N–H and O–H groups in total. The van der Waals surface area contributed by atoms with E-state index in [9.17, 15) is 31.1 Å². The topological polar surface area (TPSA) is 54.4 Å². The van der Waals surface area contributed by atoms with Crippen LogP contribution in [0.15, 0.2) is 18.2 Å². The van der Waals surface area contributed by atoms with Gasteiger partial charge in [0.05, 0.1) is 23.2 Å². The van der Waals surface area contributed by atoms with Crippen molar-refractivity contribution in [2.24, 2.45) is 5.92 Å². The van der Waals surface area contributed by atoms with Crippen molar-refractivity contribution in [3.8, 4) is 0 Å². The molecule has 1 aromatic rings. The van der Waals surface area contributed by atoms with Crippen molar-refractivity contribution >= 4 is 9.84 Å². The fourth-order valence-corrected chi connectivity index (χ4v) is 4.12. The van der Waals surface area contributed by atoms with Crippen LogP contribution in [0.5, 0.6) is 0 Å². The van der Waals surface area contributed by atoms with Crippen LogP contribution in [0.25, 0.3) is 0 Å². The number of aliphatic hydroxyl groups excluding tert-OH is 1. The van der Waals surface area contributed by atoms with E-state index in [1.165, 1.54) is 0 Å². The molecule has 0 radical (unpaired) electrons. The van der Waals surface area contributed by atoms with Gasteiger partial charge in [0, 0.05) is 5.92 Å². The molecule has 8 heteroatoms. The van der Waals surface area contributed by atoms with Gasteiger partial charge in [0.25, 0.3) is 0 Å². The van der Waals surface area contributed by atoms with E-state index in [2.05, 4.69) is 0 Å². The summed E-state index contributed by atoms with van der Waals surface area (Å²) in [5.74, 6) is -2.45. The number of rotatable bonds is 2. The molecular weight excluding hydrogens is 300 g/mol. The summed E-state index contributed by atoms with van der Waals surface area (Å²) in [5.41, 5.74) is -1.59. The van der Waals surface area contributed by atoms with E-state index < -0.39 is 39.4 Å². The molecule has 0 aliphatic carbocycles. The first-order valence-corrected chi connectivity index (χ1v) is 7.67. The van der Waals surface area contributed by atoms with Crippen molar-refractivity contribution in [3.63, 3.8) is 0 Å². The fraction of sp³-hybridized carbons (Fsp3) is 0.500. The summed E-state index contributed by atoms with van der Waals surface area (Å²) in [7, 11) is -3.25. The lowest BCUT2D eigenvalue weighted by Gasteiger charge is -2.18. The van der Waals surface area contributed by atoms with Crippen LogP contribution in [0, 0.1) is 11.7 Å². The number of alkyl halides is 3. The van der Waals surface area contributed by atoms with Gasteiger partial charge in [-0.05, 0) is 24.1 Å². The molecule has 0 amide bonds. The summed E-state index contributed by atoms with van der Waals surface area (Å²) in [6.07, 6.45) is -6.03. The molecule has 1 aliphatic rings. The van der Waals surface area contributed by atoms with Crippen LogP contribution in [0.1, 0.15) is 23.7 Å². The van der Waals surface area contributed by atoms with Crippen LogP contribution in [0.3, 0.4) is 0 Å². The van der Waals surface area contributed by atoms with Gasteiger partial charge >= 0.3 is 6.18 Å². The van der Waals surface area contributed by atoms with Crippen LogP contribution in [-0.2, 0) is 16.0 Å². The van der Waals surface area contributed by atoms with Crippen LogP contribution in [0.4, 0.5) is 17.6 Å². The largest absolute Gasteiger partial charge is 0.419 e. The Balaban J connectivity index is 2.30.